The van der Waals surface area contributed by atoms with Crippen LogP contribution in [0.5, 0.6) is 0 Å². The van der Waals surface area contributed by atoms with Gasteiger partial charge in [-0.3, -0.25) is 9.59 Å². The van der Waals surface area contributed by atoms with Crippen LogP contribution >= 0.6 is 0 Å². The van der Waals surface area contributed by atoms with Crippen molar-refractivity contribution < 1.29 is 9.59 Å². The maximum Gasteiger partial charge on any atom is 0.196 e. The standard InChI is InChI=1S/C22H20N2O2/c1-4-8-14(9-5-2)24-17-12-13(3)20(23)19-18(17)21(25)15-10-6-7-11-16(15)22(19)26/h4-12,24H,1,23H2,2-3H3/b9-5-,14-8+. The molecule has 1 aliphatic rings. The zero-order valence-electron chi connectivity index (χ0n) is 14.8. The van der Waals surface area contributed by atoms with E-state index in [1.807, 2.05) is 26.0 Å². The Bertz CT molecular complexity index is 997. The summed E-state index contributed by atoms with van der Waals surface area (Å²) in [7, 11) is 0. The van der Waals surface area contributed by atoms with Crippen LogP contribution in [0.2, 0.25) is 0 Å². The average Bonchev–Trinajstić information content (AvgIpc) is 2.63. The summed E-state index contributed by atoms with van der Waals surface area (Å²) in [5, 5.41) is 3.23. The van der Waals surface area contributed by atoms with E-state index in [1.54, 1.807) is 42.5 Å². The van der Waals surface area contributed by atoms with Crippen LogP contribution in [0, 0.1) is 6.92 Å². The summed E-state index contributed by atoms with van der Waals surface area (Å²) in [6, 6.07) is 8.63. The second kappa shape index (κ2) is 6.84. The van der Waals surface area contributed by atoms with E-state index in [4.69, 9.17) is 5.73 Å². The zero-order valence-corrected chi connectivity index (χ0v) is 14.8. The van der Waals surface area contributed by atoms with Crippen molar-refractivity contribution in [2.24, 2.45) is 0 Å². The lowest BCUT2D eigenvalue weighted by molar-refractivity contribution is 0.0980. The smallest absolute Gasteiger partial charge is 0.196 e. The first-order valence-electron chi connectivity index (χ1n) is 8.33. The molecule has 0 saturated carbocycles. The lowest BCUT2D eigenvalue weighted by Crippen LogP contribution is -2.24. The molecule has 4 nitrogen and oxygen atoms in total. The number of nitrogens with one attached hydrogen (secondary N) is 1. The molecule has 2 aromatic rings. The highest BCUT2D eigenvalue weighted by molar-refractivity contribution is 6.32. The fraction of sp³-hybridized carbons (Fsp3) is 0.0909. The van der Waals surface area contributed by atoms with Gasteiger partial charge in [0.25, 0.3) is 0 Å². The molecule has 0 fully saturated rings. The monoisotopic (exact) mass is 344 g/mol. The number of ketones is 2. The Balaban J connectivity index is 2.26. The predicted molar refractivity (Wildman–Crippen MR) is 106 cm³/mol. The summed E-state index contributed by atoms with van der Waals surface area (Å²) < 4.78 is 0. The Morgan fingerprint density at radius 2 is 1.73 bits per heavy atom. The summed E-state index contributed by atoms with van der Waals surface area (Å²) in [6.07, 6.45) is 7.19. The second-order valence-electron chi connectivity index (χ2n) is 6.09. The van der Waals surface area contributed by atoms with Gasteiger partial charge in [-0.05, 0) is 37.6 Å². The molecule has 26 heavy (non-hydrogen) atoms. The van der Waals surface area contributed by atoms with Crippen LogP contribution < -0.4 is 11.1 Å². The summed E-state index contributed by atoms with van der Waals surface area (Å²) in [6.45, 7) is 7.43. The molecule has 0 bridgehead atoms. The van der Waals surface area contributed by atoms with Gasteiger partial charge in [0.2, 0.25) is 0 Å². The van der Waals surface area contributed by atoms with Gasteiger partial charge in [0.05, 0.1) is 16.8 Å². The van der Waals surface area contributed by atoms with Crippen LogP contribution in [-0.4, -0.2) is 11.6 Å². The first-order chi connectivity index (χ1) is 12.5. The van der Waals surface area contributed by atoms with Crippen LogP contribution in [0.4, 0.5) is 11.4 Å². The number of hydrogen-bond acceptors (Lipinski definition) is 4. The molecule has 4 heteroatoms. The van der Waals surface area contributed by atoms with Gasteiger partial charge in [-0.25, -0.2) is 0 Å². The largest absolute Gasteiger partial charge is 0.398 e. The maximum absolute atomic E-state index is 13.1. The molecule has 1 aliphatic carbocycles. The summed E-state index contributed by atoms with van der Waals surface area (Å²) >= 11 is 0. The van der Waals surface area contributed by atoms with E-state index < -0.39 is 0 Å². The number of benzene rings is 2. The number of nitrogen functional groups attached to an aromatic ring is 1. The first kappa shape index (κ1) is 17.4. The highest BCUT2D eigenvalue weighted by Gasteiger charge is 2.34. The molecule has 0 aliphatic heterocycles. The Morgan fingerprint density at radius 3 is 2.31 bits per heavy atom. The van der Waals surface area contributed by atoms with Gasteiger partial charge < -0.3 is 11.1 Å². The molecule has 0 radical (unpaired) electrons. The maximum atomic E-state index is 13.1. The number of hydrogen-bond donors (Lipinski definition) is 2. The molecular formula is C22H20N2O2. The number of nitrogens with two attached hydrogens (primary N) is 1. The summed E-state index contributed by atoms with van der Waals surface area (Å²) in [5.74, 6) is -0.428. The van der Waals surface area contributed by atoms with Gasteiger partial charge in [-0.15, -0.1) is 0 Å². The van der Waals surface area contributed by atoms with Crippen LogP contribution in [0.3, 0.4) is 0 Å². The van der Waals surface area contributed by atoms with E-state index in [2.05, 4.69) is 11.9 Å². The number of fused-ring (bicyclic) bond motifs is 2. The molecule has 3 N–H and O–H groups in total. The van der Waals surface area contributed by atoms with Crippen molar-refractivity contribution in [3.63, 3.8) is 0 Å². The highest BCUT2D eigenvalue weighted by atomic mass is 16.1. The molecular weight excluding hydrogens is 324 g/mol. The van der Waals surface area contributed by atoms with E-state index in [-0.39, 0.29) is 17.1 Å². The van der Waals surface area contributed by atoms with E-state index in [1.165, 1.54) is 0 Å². The van der Waals surface area contributed by atoms with Crippen molar-refractivity contribution in [3.8, 4) is 0 Å². The highest BCUT2D eigenvalue weighted by Crippen LogP contribution is 2.37. The summed E-state index contributed by atoms with van der Waals surface area (Å²) in [4.78, 5) is 26.1. The van der Waals surface area contributed by atoms with Crippen LogP contribution in [0.15, 0.2) is 66.9 Å². The fourth-order valence-electron chi connectivity index (χ4n) is 3.15. The first-order valence-corrected chi connectivity index (χ1v) is 8.33. The van der Waals surface area contributed by atoms with E-state index in [0.29, 0.717) is 28.1 Å². The quantitative estimate of drug-likeness (QED) is 0.543. The van der Waals surface area contributed by atoms with Gasteiger partial charge in [0.1, 0.15) is 0 Å². The summed E-state index contributed by atoms with van der Waals surface area (Å²) in [5.41, 5.74) is 9.97. The van der Waals surface area contributed by atoms with Crippen LogP contribution in [-0.2, 0) is 0 Å². The molecule has 0 spiro atoms. The normalized spacial score (nSPS) is 13.5. The molecule has 0 aromatic heterocycles. The van der Waals surface area contributed by atoms with E-state index in [0.717, 1.165) is 11.3 Å². The number of allylic oxidation sites excluding steroid dienone is 4. The molecule has 130 valence electrons. The van der Waals surface area contributed by atoms with Gasteiger partial charge in [0.15, 0.2) is 11.6 Å². The second-order valence-corrected chi connectivity index (χ2v) is 6.09. The van der Waals surface area contributed by atoms with E-state index >= 15 is 0 Å². The number of carbonyl (C=O) groups excluding carboxylic acids is 2. The topological polar surface area (TPSA) is 72.2 Å². The lowest BCUT2D eigenvalue weighted by Gasteiger charge is -2.23. The average molecular weight is 344 g/mol. The molecule has 0 amide bonds. The Morgan fingerprint density at radius 1 is 1.12 bits per heavy atom. The third kappa shape index (κ3) is 2.75. The lowest BCUT2D eigenvalue weighted by atomic mass is 9.81. The van der Waals surface area contributed by atoms with Crippen molar-refractivity contribution >= 4 is 22.9 Å². The third-order valence-corrected chi connectivity index (χ3v) is 4.37. The fourth-order valence-corrected chi connectivity index (χ4v) is 3.15. The van der Waals surface area contributed by atoms with Gasteiger partial charge in [0, 0.05) is 22.5 Å². The zero-order chi connectivity index (χ0) is 18.8. The van der Waals surface area contributed by atoms with Crippen LogP contribution in [0.1, 0.15) is 44.3 Å². The molecule has 0 saturated heterocycles. The minimum atomic E-state index is -0.222. The molecule has 0 heterocycles. The predicted octanol–water partition coefficient (Wildman–Crippen LogP) is 4.41. The van der Waals surface area contributed by atoms with E-state index in [9.17, 15) is 9.59 Å². The van der Waals surface area contributed by atoms with Gasteiger partial charge in [-0.1, -0.05) is 43.0 Å². The van der Waals surface area contributed by atoms with Crippen molar-refractivity contribution in [1.29, 1.82) is 0 Å². The number of aryl methyl sites for hydroxylation is 1. The number of rotatable bonds is 4. The Labute approximate surface area is 152 Å². The van der Waals surface area contributed by atoms with Crippen molar-refractivity contribution in [1.82, 2.24) is 0 Å². The van der Waals surface area contributed by atoms with Crippen molar-refractivity contribution in [2.75, 3.05) is 11.1 Å². The number of carbonyl (C=O) groups is 2. The molecule has 2 aromatic carbocycles. The molecule has 0 unspecified atom stereocenters. The Hall–Kier alpha value is -3.40. The van der Waals surface area contributed by atoms with Gasteiger partial charge in [-0.2, -0.15) is 0 Å². The minimum absolute atomic E-state index is 0.206. The molecule has 0 atom stereocenters. The SMILES string of the molecule is C=C/C=C(\C=C/C)Nc1cc(C)c(N)c2c1C(=O)c1ccccc1C2=O. The van der Waals surface area contributed by atoms with Crippen LogP contribution in [0.25, 0.3) is 0 Å². The molecule has 3 rings (SSSR count). The van der Waals surface area contributed by atoms with Crippen molar-refractivity contribution in [3.05, 3.63) is 94.7 Å². The number of anilines is 2. The third-order valence-electron chi connectivity index (χ3n) is 4.37. The minimum Gasteiger partial charge on any atom is -0.398 e. The Kier molecular flexibility index (Phi) is 4.59. The van der Waals surface area contributed by atoms with Crippen molar-refractivity contribution in [2.45, 2.75) is 13.8 Å². The van der Waals surface area contributed by atoms with Gasteiger partial charge >= 0.3 is 0 Å².